The highest BCUT2D eigenvalue weighted by Gasteiger charge is 2.58. The fourth-order valence-electron chi connectivity index (χ4n) is 4.08. The molecule has 1 saturated heterocycles. The molecule has 3 atom stereocenters. The topological polar surface area (TPSA) is 50.7 Å². The number of halogens is 3. The van der Waals surface area contributed by atoms with Gasteiger partial charge in [0.05, 0.1) is 12.7 Å². The van der Waals surface area contributed by atoms with E-state index in [0.29, 0.717) is 26.5 Å². The second kappa shape index (κ2) is 8.05. The first kappa shape index (κ1) is 21.5. The van der Waals surface area contributed by atoms with E-state index in [-0.39, 0.29) is 18.4 Å². The van der Waals surface area contributed by atoms with Gasteiger partial charge in [0.25, 0.3) is 5.91 Å². The van der Waals surface area contributed by atoms with Crippen LogP contribution in [0, 0.1) is 11.7 Å². The number of hydrogen-bond donors (Lipinski definition) is 1. The van der Waals surface area contributed by atoms with Crippen LogP contribution in [-0.4, -0.2) is 35.2 Å². The Bertz CT molecular complexity index is 996. The maximum Gasteiger partial charge on any atom is 0.257 e. The van der Waals surface area contributed by atoms with Gasteiger partial charge in [-0.1, -0.05) is 45.9 Å². The quantitative estimate of drug-likeness (QED) is 0.647. The van der Waals surface area contributed by atoms with Crippen LogP contribution >= 0.6 is 27.7 Å². The second-order valence-electron chi connectivity index (χ2n) is 8.00. The van der Waals surface area contributed by atoms with E-state index < -0.39 is 23.1 Å². The zero-order chi connectivity index (χ0) is 21.5. The van der Waals surface area contributed by atoms with Crippen molar-refractivity contribution in [1.29, 1.82) is 0 Å². The molecule has 8 heteroatoms. The Hall–Kier alpha value is -1.77. The summed E-state index contributed by atoms with van der Waals surface area (Å²) >= 11 is 4.72. The predicted octanol–water partition coefficient (Wildman–Crippen LogP) is 5.08. The van der Waals surface area contributed by atoms with Gasteiger partial charge in [-0.2, -0.15) is 0 Å². The monoisotopic (exact) mass is 494 g/mol. The van der Waals surface area contributed by atoms with Gasteiger partial charge in [-0.05, 0) is 44.2 Å². The van der Waals surface area contributed by atoms with Crippen LogP contribution in [0.2, 0.25) is 0 Å². The number of alkyl halides is 1. The van der Waals surface area contributed by atoms with Crippen LogP contribution < -0.4 is 5.32 Å². The largest absolute Gasteiger partial charge is 0.372 e. The van der Waals surface area contributed by atoms with Crippen LogP contribution in [0.25, 0.3) is 0 Å². The number of nitrogens with one attached hydrogen (secondary N) is 1. The summed E-state index contributed by atoms with van der Waals surface area (Å²) in [4.78, 5) is 17.4. The average molecular weight is 495 g/mol. The molecule has 1 fully saturated rings. The van der Waals surface area contributed by atoms with E-state index in [1.165, 1.54) is 31.7 Å². The van der Waals surface area contributed by atoms with Gasteiger partial charge in [-0.15, -0.1) is 0 Å². The van der Waals surface area contributed by atoms with Gasteiger partial charge in [-0.3, -0.25) is 4.79 Å². The predicted molar refractivity (Wildman–Crippen MR) is 118 cm³/mol. The van der Waals surface area contributed by atoms with E-state index in [9.17, 15) is 13.6 Å². The zero-order valence-corrected chi connectivity index (χ0v) is 18.9. The van der Waals surface area contributed by atoms with Crippen LogP contribution in [0.1, 0.15) is 29.8 Å². The van der Waals surface area contributed by atoms with Crippen LogP contribution in [0.15, 0.2) is 58.0 Å². The number of amides is 1. The smallest absolute Gasteiger partial charge is 0.257 e. The van der Waals surface area contributed by atoms with Crippen molar-refractivity contribution in [2.45, 2.75) is 31.2 Å². The van der Waals surface area contributed by atoms with Gasteiger partial charge in [-0.25, -0.2) is 13.8 Å². The number of carbonyl (C=O) groups excluding carboxylic acids is 1. The lowest BCUT2D eigenvalue weighted by Gasteiger charge is -2.38. The van der Waals surface area contributed by atoms with Crippen molar-refractivity contribution in [3.05, 3.63) is 69.9 Å². The Kier molecular flexibility index (Phi) is 5.76. The van der Waals surface area contributed by atoms with E-state index in [2.05, 4.69) is 21.2 Å². The highest BCUT2D eigenvalue weighted by atomic mass is 79.9. The summed E-state index contributed by atoms with van der Waals surface area (Å²) in [6.45, 7) is 2.96. The zero-order valence-electron chi connectivity index (χ0n) is 16.5. The van der Waals surface area contributed by atoms with E-state index in [0.717, 1.165) is 0 Å². The maximum atomic E-state index is 14.9. The van der Waals surface area contributed by atoms with Gasteiger partial charge < -0.3 is 10.1 Å². The fraction of sp³-hybridized carbons (Fsp3) is 0.364. The molecule has 0 saturated carbocycles. The Labute approximate surface area is 186 Å². The second-order valence-corrected chi connectivity index (χ2v) is 9.92. The van der Waals surface area contributed by atoms with Crippen molar-refractivity contribution < 1.29 is 18.3 Å². The molecule has 2 aliphatic heterocycles. The SMILES string of the molecule is CC(C)(F)C1OC[C@]2(c3cc(Br)ccc3F)N=C(NC(=O)c3ccccc3)SC[C@H]12. The number of thioether (sulfide) groups is 1. The number of aliphatic imine (C=N–C) groups is 1. The minimum atomic E-state index is -1.62. The minimum absolute atomic E-state index is 0.0360. The summed E-state index contributed by atoms with van der Waals surface area (Å²) in [5.41, 5.74) is -1.90. The first-order valence-electron chi connectivity index (χ1n) is 9.56. The lowest BCUT2D eigenvalue weighted by atomic mass is 9.76. The molecule has 2 heterocycles. The van der Waals surface area contributed by atoms with E-state index in [1.807, 2.05) is 6.07 Å². The number of rotatable bonds is 3. The van der Waals surface area contributed by atoms with Crippen molar-refractivity contribution >= 4 is 38.8 Å². The number of fused-ring (bicyclic) bond motifs is 1. The minimum Gasteiger partial charge on any atom is -0.372 e. The molecule has 4 nitrogen and oxygen atoms in total. The van der Waals surface area contributed by atoms with Gasteiger partial charge in [0, 0.05) is 27.3 Å². The van der Waals surface area contributed by atoms with Gasteiger partial charge in [0.2, 0.25) is 0 Å². The van der Waals surface area contributed by atoms with Crippen LogP contribution in [0.4, 0.5) is 8.78 Å². The standard InChI is InChI=1S/C22H21BrF2N2O2S/c1-21(2,25)18-16-11-30-20(26-19(28)13-6-4-3-5-7-13)27-22(16,12-29-18)15-10-14(23)8-9-17(15)24/h3-10,16,18H,11-12H2,1-2H3,(H,26,27,28)/t16-,18?,22-/m1/s1. The Morgan fingerprint density at radius 3 is 2.73 bits per heavy atom. The molecule has 0 aromatic heterocycles. The van der Waals surface area contributed by atoms with Crippen molar-refractivity contribution in [3.8, 4) is 0 Å². The molecule has 0 aliphatic carbocycles. The van der Waals surface area contributed by atoms with Gasteiger partial charge in [0.1, 0.15) is 17.0 Å². The average Bonchev–Trinajstić information content (AvgIpc) is 3.10. The number of amidine groups is 1. The van der Waals surface area contributed by atoms with Crippen LogP contribution in [0.5, 0.6) is 0 Å². The first-order valence-corrected chi connectivity index (χ1v) is 11.3. The third-order valence-electron chi connectivity index (χ3n) is 5.49. The summed E-state index contributed by atoms with van der Waals surface area (Å²) in [6.07, 6.45) is -0.737. The number of hydrogen-bond acceptors (Lipinski definition) is 4. The van der Waals surface area contributed by atoms with Crippen molar-refractivity contribution in [2.75, 3.05) is 12.4 Å². The number of ether oxygens (including phenoxy) is 1. The Morgan fingerprint density at radius 2 is 2.03 bits per heavy atom. The summed E-state index contributed by atoms with van der Waals surface area (Å²) in [5.74, 6) is -0.679. The molecule has 2 aromatic rings. The molecule has 30 heavy (non-hydrogen) atoms. The number of nitrogens with zero attached hydrogens (tertiary/aromatic N) is 1. The molecule has 158 valence electrons. The van der Waals surface area contributed by atoms with E-state index in [4.69, 9.17) is 9.73 Å². The van der Waals surface area contributed by atoms with E-state index >= 15 is 0 Å². The van der Waals surface area contributed by atoms with Crippen molar-refractivity contribution in [3.63, 3.8) is 0 Å². The summed E-state index contributed by atoms with van der Waals surface area (Å²) in [6, 6.07) is 13.4. The van der Waals surface area contributed by atoms with Crippen LogP contribution in [-0.2, 0) is 10.3 Å². The molecule has 2 aromatic carbocycles. The van der Waals surface area contributed by atoms with E-state index in [1.54, 1.807) is 36.4 Å². The van der Waals surface area contributed by atoms with Gasteiger partial charge >= 0.3 is 0 Å². The molecular weight excluding hydrogens is 474 g/mol. The highest BCUT2D eigenvalue weighted by molar-refractivity contribution is 9.10. The third kappa shape index (κ3) is 3.92. The summed E-state index contributed by atoms with van der Waals surface area (Å²) < 4.78 is 36.4. The number of carbonyl (C=O) groups is 1. The summed E-state index contributed by atoms with van der Waals surface area (Å²) in [5, 5.41) is 3.20. The van der Waals surface area contributed by atoms with Crippen molar-refractivity contribution in [2.24, 2.45) is 10.9 Å². The molecular formula is C22H21BrF2N2O2S. The molecule has 0 radical (unpaired) electrons. The molecule has 4 rings (SSSR count). The molecule has 0 bridgehead atoms. The normalized spacial score (nSPS) is 26.1. The molecule has 1 amide bonds. The molecule has 1 N–H and O–H groups in total. The Morgan fingerprint density at radius 1 is 1.30 bits per heavy atom. The van der Waals surface area contributed by atoms with Crippen LogP contribution in [0.3, 0.4) is 0 Å². The summed E-state index contributed by atoms with van der Waals surface area (Å²) in [7, 11) is 0. The maximum absolute atomic E-state index is 14.9. The molecule has 1 unspecified atom stereocenters. The van der Waals surface area contributed by atoms with Crippen molar-refractivity contribution in [1.82, 2.24) is 5.32 Å². The Balaban J connectivity index is 1.75. The third-order valence-corrected chi connectivity index (χ3v) is 6.98. The highest BCUT2D eigenvalue weighted by Crippen LogP contribution is 2.51. The van der Waals surface area contributed by atoms with Gasteiger partial charge in [0.15, 0.2) is 5.17 Å². The lowest BCUT2D eigenvalue weighted by Crippen LogP contribution is -2.48. The lowest BCUT2D eigenvalue weighted by molar-refractivity contribution is -0.0205. The molecule has 0 spiro atoms. The fourth-order valence-corrected chi connectivity index (χ4v) is 5.62. The molecule has 2 aliphatic rings. The number of benzene rings is 2. The first-order chi connectivity index (χ1) is 14.2.